The van der Waals surface area contributed by atoms with Gasteiger partial charge in [0.05, 0.1) is 11.7 Å². The van der Waals surface area contributed by atoms with Gasteiger partial charge < -0.3 is 10.0 Å². The Kier molecular flexibility index (Phi) is 4.63. The number of likely N-dealkylation sites (N-methyl/N-ethyl adjacent to an activating group) is 1. The van der Waals surface area contributed by atoms with E-state index in [0.717, 1.165) is 37.8 Å². The van der Waals surface area contributed by atoms with E-state index in [4.69, 9.17) is 0 Å². The summed E-state index contributed by atoms with van der Waals surface area (Å²) >= 11 is 0. The SMILES string of the molecule is CN(C)C1(C(O)Cc2cccc(C(F)(F)F)c2)CCCC1. The zero-order valence-electron chi connectivity index (χ0n) is 12.5. The molecule has 2 nitrogen and oxygen atoms in total. The van der Waals surface area contributed by atoms with Crippen LogP contribution in [0.5, 0.6) is 0 Å². The number of alkyl halides is 3. The van der Waals surface area contributed by atoms with E-state index in [9.17, 15) is 18.3 Å². The van der Waals surface area contributed by atoms with Crippen molar-refractivity contribution in [2.45, 2.75) is 49.9 Å². The van der Waals surface area contributed by atoms with Crippen LogP contribution in [0.4, 0.5) is 13.2 Å². The number of aliphatic hydroxyl groups is 1. The van der Waals surface area contributed by atoms with Gasteiger partial charge in [0.2, 0.25) is 0 Å². The number of hydrogen-bond donors (Lipinski definition) is 1. The Morgan fingerprint density at radius 3 is 2.38 bits per heavy atom. The quantitative estimate of drug-likeness (QED) is 0.920. The molecule has 1 atom stereocenters. The summed E-state index contributed by atoms with van der Waals surface area (Å²) in [5.41, 5.74) is -0.434. The fourth-order valence-corrected chi connectivity index (χ4v) is 3.35. The van der Waals surface area contributed by atoms with E-state index in [0.29, 0.717) is 5.56 Å². The van der Waals surface area contributed by atoms with Crippen molar-refractivity contribution in [3.8, 4) is 0 Å². The Morgan fingerprint density at radius 1 is 1.24 bits per heavy atom. The summed E-state index contributed by atoms with van der Waals surface area (Å²) < 4.78 is 38.2. The van der Waals surface area contributed by atoms with Gasteiger partial charge in [-0.1, -0.05) is 31.0 Å². The first kappa shape index (κ1) is 16.3. The maximum atomic E-state index is 12.7. The average Bonchev–Trinajstić information content (AvgIpc) is 2.88. The van der Waals surface area contributed by atoms with Gasteiger partial charge in [0.1, 0.15) is 0 Å². The smallest absolute Gasteiger partial charge is 0.391 e. The largest absolute Gasteiger partial charge is 0.416 e. The Bertz CT molecular complexity index is 479. The van der Waals surface area contributed by atoms with Crippen LogP contribution in [0.1, 0.15) is 36.8 Å². The number of hydrogen-bond acceptors (Lipinski definition) is 2. The minimum atomic E-state index is -4.34. The first-order valence-electron chi connectivity index (χ1n) is 7.27. The van der Waals surface area contributed by atoms with E-state index in [2.05, 4.69) is 0 Å². The number of halogens is 3. The van der Waals surface area contributed by atoms with Gasteiger partial charge >= 0.3 is 6.18 Å². The standard InChI is InChI=1S/C16H22F3NO/c1-20(2)15(8-3-4-9-15)14(21)11-12-6-5-7-13(10-12)16(17,18)19/h5-7,10,14,21H,3-4,8-9,11H2,1-2H3. The van der Waals surface area contributed by atoms with Crippen molar-refractivity contribution in [1.82, 2.24) is 4.90 Å². The monoisotopic (exact) mass is 301 g/mol. The van der Waals surface area contributed by atoms with Gasteiger partial charge in [-0.3, -0.25) is 0 Å². The first-order chi connectivity index (χ1) is 9.75. The molecule has 21 heavy (non-hydrogen) atoms. The molecule has 1 fully saturated rings. The third-order valence-corrected chi connectivity index (χ3v) is 4.66. The van der Waals surface area contributed by atoms with Gasteiger partial charge in [-0.05, 0) is 38.6 Å². The van der Waals surface area contributed by atoms with Crippen LogP contribution in [-0.2, 0) is 12.6 Å². The molecule has 0 bridgehead atoms. The van der Waals surface area contributed by atoms with Gasteiger partial charge in [-0.15, -0.1) is 0 Å². The fourth-order valence-electron chi connectivity index (χ4n) is 3.35. The number of rotatable bonds is 4. The molecule has 0 aromatic heterocycles. The second kappa shape index (κ2) is 5.97. The van der Waals surface area contributed by atoms with Crippen molar-refractivity contribution in [2.24, 2.45) is 0 Å². The van der Waals surface area contributed by atoms with Gasteiger partial charge in [0, 0.05) is 12.0 Å². The third kappa shape index (κ3) is 3.40. The van der Waals surface area contributed by atoms with Crippen LogP contribution in [0, 0.1) is 0 Å². The lowest BCUT2D eigenvalue weighted by molar-refractivity contribution is -0.137. The molecule has 1 aliphatic rings. The minimum Gasteiger partial charge on any atom is -0.391 e. The fraction of sp³-hybridized carbons (Fsp3) is 0.625. The Labute approximate surface area is 123 Å². The van der Waals surface area contributed by atoms with Crippen molar-refractivity contribution in [3.63, 3.8) is 0 Å². The van der Waals surface area contributed by atoms with E-state index in [1.807, 2.05) is 19.0 Å². The lowest BCUT2D eigenvalue weighted by Crippen LogP contribution is -2.52. The number of nitrogens with zero attached hydrogens (tertiary/aromatic N) is 1. The van der Waals surface area contributed by atoms with E-state index in [1.54, 1.807) is 6.07 Å². The van der Waals surface area contributed by atoms with Crippen LogP contribution < -0.4 is 0 Å². The van der Waals surface area contributed by atoms with Crippen molar-refractivity contribution >= 4 is 0 Å². The van der Waals surface area contributed by atoms with Gasteiger partial charge in [-0.25, -0.2) is 0 Å². The molecule has 2 rings (SSSR count). The van der Waals surface area contributed by atoms with Crippen molar-refractivity contribution in [3.05, 3.63) is 35.4 Å². The molecule has 1 aliphatic carbocycles. The predicted octanol–water partition coefficient (Wildman–Crippen LogP) is 3.48. The van der Waals surface area contributed by atoms with Gasteiger partial charge in [-0.2, -0.15) is 13.2 Å². The van der Waals surface area contributed by atoms with Crippen LogP contribution in [0.2, 0.25) is 0 Å². The van der Waals surface area contributed by atoms with Crippen molar-refractivity contribution in [2.75, 3.05) is 14.1 Å². The molecule has 118 valence electrons. The predicted molar refractivity (Wildman–Crippen MR) is 76.0 cm³/mol. The average molecular weight is 301 g/mol. The van der Waals surface area contributed by atoms with E-state index < -0.39 is 17.8 Å². The molecule has 0 heterocycles. The number of aliphatic hydroxyl groups excluding tert-OH is 1. The van der Waals surface area contributed by atoms with Crippen molar-refractivity contribution in [1.29, 1.82) is 0 Å². The molecular formula is C16H22F3NO. The molecule has 1 unspecified atom stereocenters. The molecule has 1 aromatic rings. The summed E-state index contributed by atoms with van der Waals surface area (Å²) in [4.78, 5) is 2.03. The Morgan fingerprint density at radius 2 is 1.86 bits per heavy atom. The second-order valence-electron chi connectivity index (χ2n) is 6.12. The highest BCUT2D eigenvalue weighted by atomic mass is 19.4. The molecular weight excluding hydrogens is 279 g/mol. The summed E-state index contributed by atoms with van der Waals surface area (Å²) in [5, 5.41) is 10.6. The highest BCUT2D eigenvalue weighted by Gasteiger charge is 2.42. The summed E-state index contributed by atoms with van der Waals surface area (Å²) in [5.74, 6) is 0. The molecule has 1 saturated carbocycles. The van der Waals surface area contributed by atoms with Gasteiger partial charge in [0.15, 0.2) is 0 Å². The molecule has 0 amide bonds. The van der Waals surface area contributed by atoms with Crippen LogP contribution in [0.15, 0.2) is 24.3 Å². The first-order valence-corrected chi connectivity index (χ1v) is 7.27. The lowest BCUT2D eigenvalue weighted by atomic mass is 9.85. The maximum Gasteiger partial charge on any atom is 0.416 e. The molecule has 5 heteroatoms. The highest BCUT2D eigenvalue weighted by Crippen LogP contribution is 2.38. The minimum absolute atomic E-state index is 0.252. The third-order valence-electron chi connectivity index (χ3n) is 4.66. The number of benzene rings is 1. The topological polar surface area (TPSA) is 23.5 Å². The summed E-state index contributed by atoms with van der Waals surface area (Å²) in [6.07, 6.45) is -0.857. The molecule has 1 N–H and O–H groups in total. The van der Waals surface area contributed by atoms with Crippen LogP contribution >= 0.6 is 0 Å². The molecule has 1 aromatic carbocycles. The normalized spacial score (nSPS) is 20.0. The highest BCUT2D eigenvalue weighted by molar-refractivity contribution is 5.26. The zero-order chi connectivity index (χ0) is 15.7. The molecule has 0 aliphatic heterocycles. The maximum absolute atomic E-state index is 12.7. The second-order valence-corrected chi connectivity index (χ2v) is 6.12. The van der Waals surface area contributed by atoms with Crippen LogP contribution in [0.25, 0.3) is 0 Å². The van der Waals surface area contributed by atoms with E-state index in [-0.39, 0.29) is 12.0 Å². The lowest BCUT2D eigenvalue weighted by Gasteiger charge is -2.40. The molecule has 0 radical (unpaired) electrons. The molecule has 0 spiro atoms. The van der Waals surface area contributed by atoms with Crippen molar-refractivity contribution < 1.29 is 18.3 Å². The molecule has 0 saturated heterocycles. The van der Waals surface area contributed by atoms with E-state index >= 15 is 0 Å². The van der Waals surface area contributed by atoms with Crippen LogP contribution in [0.3, 0.4) is 0 Å². The van der Waals surface area contributed by atoms with Crippen LogP contribution in [-0.4, -0.2) is 35.7 Å². The van der Waals surface area contributed by atoms with E-state index in [1.165, 1.54) is 6.07 Å². The summed E-state index contributed by atoms with van der Waals surface area (Å²) in [6.45, 7) is 0. The Balaban J connectivity index is 2.17. The summed E-state index contributed by atoms with van der Waals surface area (Å²) in [7, 11) is 3.86. The van der Waals surface area contributed by atoms with Gasteiger partial charge in [0.25, 0.3) is 0 Å². The zero-order valence-corrected chi connectivity index (χ0v) is 12.5. The Hall–Kier alpha value is -1.07. The summed E-state index contributed by atoms with van der Waals surface area (Å²) in [6, 6.07) is 5.26.